The predicted octanol–water partition coefficient (Wildman–Crippen LogP) is 4.42. The Morgan fingerprint density at radius 1 is 1.29 bits per heavy atom. The Balaban J connectivity index is 2.84. The van der Waals surface area contributed by atoms with E-state index < -0.39 is 0 Å². The molecular weight excluding hydrogens is 190 g/mol. The van der Waals surface area contributed by atoms with Gasteiger partial charge in [-0.15, -0.1) is 11.3 Å². The van der Waals surface area contributed by atoms with Crippen LogP contribution in [-0.4, -0.2) is 4.98 Å². The van der Waals surface area contributed by atoms with Gasteiger partial charge in [0.1, 0.15) is 0 Å². The minimum absolute atomic E-state index is 0.560. The van der Waals surface area contributed by atoms with Gasteiger partial charge in [-0.2, -0.15) is 0 Å². The average Bonchev–Trinajstić information content (AvgIpc) is 2.53. The van der Waals surface area contributed by atoms with Crippen molar-refractivity contribution in [1.29, 1.82) is 0 Å². The zero-order valence-corrected chi connectivity index (χ0v) is 10.7. The SMILES string of the molecule is CCC(c1nc(C(C)C)cs1)C(C)C. The fraction of sp³-hybridized carbons (Fsp3) is 0.750. The summed E-state index contributed by atoms with van der Waals surface area (Å²) in [6, 6.07) is 0. The lowest BCUT2D eigenvalue weighted by Crippen LogP contribution is -2.05. The van der Waals surface area contributed by atoms with E-state index in [4.69, 9.17) is 4.98 Å². The van der Waals surface area contributed by atoms with Crippen molar-refractivity contribution in [2.75, 3.05) is 0 Å². The molecule has 1 nitrogen and oxygen atoms in total. The van der Waals surface area contributed by atoms with Crippen LogP contribution in [0.25, 0.3) is 0 Å². The average molecular weight is 211 g/mol. The smallest absolute Gasteiger partial charge is 0.0961 e. The Morgan fingerprint density at radius 2 is 1.93 bits per heavy atom. The van der Waals surface area contributed by atoms with Gasteiger partial charge in [0.2, 0.25) is 0 Å². The molecule has 0 aliphatic carbocycles. The molecule has 0 saturated heterocycles. The molecule has 0 aliphatic rings. The van der Waals surface area contributed by atoms with Gasteiger partial charge in [-0.25, -0.2) is 4.98 Å². The molecule has 0 aliphatic heterocycles. The lowest BCUT2D eigenvalue weighted by atomic mass is 9.94. The quantitative estimate of drug-likeness (QED) is 0.718. The van der Waals surface area contributed by atoms with Crippen molar-refractivity contribution in [3.63, 3.8) is 0 Å². The molecule has 1 aromatic rings. The molecule has 0 bridgehead atoms. The summed E-state index contributed by atoms with van der Waals surface area (Å²) in [5.74, 6) is 1.91. The third kappa shape index (κ3) is 2.57. The van der Waals surface area contributed by atoms with Crippen LogP contribution in [0.4, 0.5) is 0 Å². The third-order valence-corrected chi connectivity index (χ3v) is 3.69. The first-order chi connectivity index (χ1) is 6.56. The molecule has 1 heterocycles. The van der Waals surface area contributed by atoms with E-state index in [0.717, 1.165) is 0 Å². The van der Waals surface area contributed by atoms with Crippen LogP contribution < -0.4 is 0 Å². The van der Waals surface area contributed by atoms with Gasteiger partial charge in [0.05, 0.1) is 10.7 Å². The summed E-state index contributed by atoms with van der Waals surface area (Å²) in [6.45, 7) is 11.2. The highest BCUT2D eigenvalue weighted by Gasteiger charge is 2.17. The predicted molar refractivity (Wildman–Crippen MR) is 64.1 cm³/mol. The van der Waals surface area contributed by atoms with Crippen LogP contribution >= 0.6 is 11.3 Å². The minimum Gasteiger partial charge on any atom is -0.246 e. The van der Waals surface area contributed by atoms with Crippen molar-refractivity contribution < 1.29 is 0 Å². The van der Waals surface area contributed by atoms with E-state index in [2.05, 4.69) is 40.0 Å². The Labute approximate surface area is 91.6 Å². The summed E-state index contributed by atoms with van der Waals surface area (Å²) in [6.07, 6.45) is 1.20. The zero-order chi connectivity index (χ0) is 10.7. The Kier molecular flexibility index (Phi) is 4.11. The van der Waals surface area contributed by atoms with Crippen LogP contribution in [0.15, 0.2) is 5.38 Å². The van der Waals surface area contributed by atoms with Crippen molar-refractivity contribution >= 4 is 11.3 Å². The van der Waals surface area contributed by atoms with E-state index in [1.54, 1.807) is 0 Å². The number of aromatic nitrogens is 1. The van der Waals surface area contributed by atoms with Crippen LogP contribution in [0.2, 0.25) is 0 Å². The van der Waals surface area contributed by atoms with Crippen LogP contribution in [0, 0.1) is 5.92 Å². The molecule has 1 atom stereocenters. The molecular formula is C12H21NS. The summed E-state index contributed by atoms with van der Waals surface area (Å²) in [4.78, 5) is 4.72. The lowest BCUT2D eigenvalue weighted by molar-refractivity contribution is 0.482. The first-order valence-corrected chi connectivity index (χ1v) is 6.39. The highest BCUT2D eigenvalue weighted by atomic mass is 32.1. The Bertz CT molecular complexity index is 276. The number of hydrogen-bond donors (Lipinski definition) is 0. The minimum atomic E-state index is 0.560. The van der Waals surface area contributed by atoms with Crippen LogP contribution in [-0.2, 0) is 0 Å². The molecule has 1 aromatic heterocycles. The molecule has 0 amide bonds. The van der Waals surface area contributed by atoms with Crippen LogP contribution in [0.3, 0.4) is 0 Å². The first-order valence-electron chi connectivity index (χ1n) is 5.51. The normalized spacial score (nSPS) is 13.9. The van der Waals surface area contributed by atoms with Gasteiger partial charge >= 0.3 is 0 Å². The lowest BCUT2D eigenvalue weighted by Gasteiger charge is -2.15. The highest BCUT2D eigenvalue weighted by molar-refractivity contribution is 7.09. The van der Waals surface area contributed by atoms with Gasteiger partial charge in [-0.1, -0.05) is 34.6 Å². The van der Waals surface area contributed by atoms with E-state index in [9.17, 15) is 0 Å². The molecule has 0 saturated carbocycles. The number of hydrogen-bond acceptors (Lipinski definition) is 2. The maximum atomic E-state index is 4.72. The molecule has 1 rings (SSSR count). The van der Waals surface area contributed by atoms with Crippen LogP contribution in [0.5, 0.6) is 0 Å². The van der Waals surface area contributed by atoms with Crippen molar-refractivity contribution in [3.8, 4) is 0 Å². The van der Waals surface area contributed by atoms with Crippen molar-refractivity contribution in [3.05, 3.63) is 16.1 Å². The molecule has 2 heteroatoms. The molecule has 0 N–H and O–H groups in total. The number of rotatable bonds is 4. The van der Waals surface area contributed by atoms with E-state index in [1.807, 2.05) is 11.3 Å². The van der Waals surface area contributed by atoms with Gasteiger partial charge in [-0.3, -0.25) is 0 Å². The molecule has 0 fully saturated rings. The third-order valence-electron chi connectivity index (χ3n) is 2.69. The van der Waals surface area contributed by atoms with Gasteiger partial charge in [0, 0.05) is 11.3 Å². The Morgan fingerprint density at radius 3 is 2.29 bits per heavy atom. The second kappa shape index (κ2) is 4.92. The first kappa shape index (κ1) is 11.7. The van der Waals surface area contributed by atoms with Crippen molar-refractivity contribution in [2.24, 2.45) is 5.92 Å². The summed E-state index contributed by atoms with van der Waals surface area (Å²) in [7, 11) is 0. The zero-order valence-electron chi connectivity index (χ0n) is 9.87. The largest absolute Gasteiger partial charge is 0.246 e. The maximum absolute atomic E-state index is 4.72. The summed E-state index contributed by atoms with van der Waals surface area (Å²) < 4.78 is 0. The molecule has 1 unspecified atom stereocenters. The topological polar surface area (TPSA) is 12.9 Å². The fourth-order valence-corrected chi connectivity index (χ4v) is 3.01. The van der Waals surface area contributed by atoms with Gasteiger partial charge in [0.25, 0.3) is 0 Å². The highest BCUT2D eigenvalue weighted by Crippen LogP contribution is 2.31. The molecule has 80 valence electrons. The van der Waals surface area contributed by atoms with Gasteiger partial charge in [-0.05, 0) is 18.3 Å². The maximum Gasteiger partial charge on any atom is 0.0961 e. The number of thiazole rings is 1. The van der Waals surface area contributed by atoms with Crippen molar-refractivity contribution in [1.82, 2.24) is 4.98 Å². The van der Waals surface area contributed by atoms with E-state index in [-0.39, 0.29) is 0 Å². The molecule has 0 aromatic carbocycles. The fourth-order valence-electron chi connectivity index (χ4n) is 1.67. The standard InChI is InChI=1S/C12H21NS/c1-6-10(8(2)3)12-13-11(7-14-12)9(4)5/h7-10H,6H2,1-5H3. The second-order valence-electron chi connectivity index (χ2n) is 4.52. The molecule has 0 radical (unpaired) electrons. The monoisotopic (exact) mass is 211 g/mol. The number of nitrogens with zero attached hydrogens (tertiary/aromatic N) is 1. The summed E-state index contributed by atoms with van der Waals surface area (Å²) >= 11 is 1.83. The molecule has 0 spiro atoms. The van der Waals surface area contributed by atoms with Crippen molar-refractivity contribution in [2.45, 2.75) is 52.9 Å². The van der Waals surface area contributed by atoms with E-state index in [0.29, 0.717) is 17.8 Å². The Hall–Kier alpha value is -0.370. The van der Waals surface area contributed by atoms with E-state index >= 15 is 0 Å². The van der Waals surface area contributed by atoms with Gasteiger partial charge in [0.15, 0.2) is 0 Å². The van der Waals surface area contributed by atoms with Crippen LogP contribution in [0.1, 0.15) is 63.6 Å². The van der Waals surface area contributed by atoms with Gasteiger partial charge < -0.3 is 0 Å². The summed E-state index contributed by atoms with van der Waals surface area (Å²) in [5, 5.41) is 3.54. The second-order valence-corrected chi connectivity index (χ2v) is 5.41. The van der Waals surface area contributed by atoms with E-state index in [1.165, 1.54) is 17.1 Å². The summed E-state index contributed by atoms with van der Waals surface area (Å²) in [5.41, 5.74) is 1.25. The molecule has 14 heavy (non-hydrogen) atoms.